The molecule has 2 atom stereocenters. The molecule has 0 radical (unpaired) electrons. The number of aromatic nitrogens is 1. The molecule has 1 fully saturated rings. The van der Waals surface area contributed by atoms with Gasteiger partial charge in [-0.3, -0.25) is 0 Å². The number of aliphatic hydroxyl groups is 1. The molecule has 2 heterocycles. The van der Waals surface area contributed by atoms with Gasteiger partial charge in [-0.15, -0.1) is 0 Å². The van der Waals surface area contributed by atoms with Gasteiger partial charge in [-0.2, -0.15) is 0 Å². The van der Waals surface area contributed by atoms with Gasteiger partial charge < -0.3 is 14.7 Å². The largest absolute Gasteiger partial charge is 0.394 e. The van der Waals surface area contributed by atoms with Crippen LogP contribution in [0.3, 0.4) is 0 Å². The first kappa shape index (κ1) is 12.8. The molecule has 1 aromatic heterocycles. The Morgan fingerprint density at radius 3 is 3.06 bits per heavy atom. The molecule has 1 N–H and O–H groups in total. The number of hydrogen-bond donors (Lipinski definition) is 1. The van der Waals surface area contributed by atoms with Crippen molar-refractivity contribution in [2.75, 3.05) is 24.7 Å². The predicted octanol–water partition coefficient (Wildman–Crippen LogP) is 1.74. The molecule has 94 valence electrons. The summed E-state index contributed by atoms with van der Waals surface area (Å²) in [4.78, 5) is 6.66. The normalized spacial score (nSPS) is 25.1. The Morgan fingerprint density at radius 2 is 2.41 bits per heavy atom. The Labute approximate surface area is 110 Å². The van der Waals surface area contributed by atoms with Gasteiger partial charge in [0.15, 0.2) is 0 Å². The number of halogens is 1. The molecule has 0 bridgehead atoms. The number of rotatable bonds is 2. The molecule has 0 spiro atoms. The van der Waals surface area contributed by atoms with Gasteiger partial charge in [-0.1, -0.05) is 0 Å². The minimum atomic E-state index is -0.115. The standard InChI is InChI=1S/C12H17BrN2O2/c1-8-3-10(13)4-14-12(8)15-5-11(6-16)17-7-9(15)2/h3-4,9,11,16H,5-7H2,1-2H3. The molecule has 1 saturated heterocycles. The third-order valence-corrected chi connectivity index (χ3v) is 3.43. The Bertz CT molecular complexity index is 400. The fourth-order valence-corrected chi connectivity index (χ4v) is 2.50. The molecule has 2 unspecified atom stereocenters. The molecule has 0 saturated carbocycles. The highest BCUT2D eigenvalue weighted by Gasteiger charge is 2.27. The molecule has 0 aromatic carbocycles. The van der Waals surface area contributed by atoms with E-state index in [4.69, 9.17) is 4.74 Å². The maximum Gasteiger partial charge on any atom is 0.131 e. The van der Waals surface area contributed by atoms with E-state index in [0.29, 0.717) is 13.2 Å². The number of pyridine rings is 1. The number of anilines is 1. The van der Waals surface area contributed by atoms with Gasteiger partial charge in [0.05, 0.1) is 25.4 Å². The monoisotopic (exact) mass is 300 g/mol. The van der Waals surface area contributed by atoms with Crippen molar-refractivity contribution in [2.45, 2.75) is 26.0 Å². The molecule has 1 aliphatic heterocycles. The average molecular weight is 301 g/mol. The molecule has 0 aliphatic carbocycles. The van der Waals surface area contributed by atoms with E-state index in [1.807, 2.05) is 6.92 Å². The van der Waals surface area contributed by atoms with Gasteiger partial charge in [0.1, 0.15) is 5.82 Å². The first-order valence-electron chi connectivity index (χ1n) is 5.73. The number of ether oxygens (including phenoxy) is 1. The summed E-state index contributed by atoms with van der Waals surface area (Å²) >= 11 is 3.42. The van der Waals surface area contributed by atoms with Crippen LogP contribution in [0.5, 0.6) is 0 Å². The third kappa shape index (κ3) is 2.78. The van der Waals surface area contributed by atoms with Crippen LogP contribution in [-0.4, -0.2) is 42.0 Å². The van der Waals surface area contributed by atoms with Crippen molar-refractivity contribution in [2.24, 2.45) is 0 Å². The van der Waals surface area contributed by atoms with Crippen LogP contribution in [0.25, 0.3) is 0 Å². The smallest absolute Gasteiger partial charge is 0.131 e. The van der Waals surface area contributed by atoms with Crippen LogP contribution in [0.15, 0.2) is 16.7 Å². The second-order valence-corrected chi connectivity index (χ2v) is 5.35. The van der Waals surface area contributed by atoms with Gasteiger partial charge in [-0.25, -0.2) is 4.98 Å². The fourth-order valence-electron chi connectivity index (χ4n) is 2.06. The van der Waals surface area contributed by atoms with Crippen LogP contribution in [-0.2, 0) is 4.74 Å². The van der Waals surface area contributed by atoms with E-state index in [2.05, 4.69) is 38.8 Å². The molecule has 1 aliphatic rings. The summed E-state index contributed by atoms with van der Waals surface area (Å²) in [6.07, 6.45) is 1.69. The van der Waals surface area contributed by atoms with Crippen LogP contribution in [0.4, 0.5) is 5.82 Å². The van der Waals surface area contributed by atoms with E-state index < -0.39 is 0 Å². The van der Waals surface area contributed by atoms with Gasteiger partial charge in [0.25, 0.3) is 0 Å². The van der Waals surface area contributed by atoms with Crippen LogP contribution in [0.2, 0.25) is 0 Å². The Balaban J connectivity index is 2.24. The van der Waals surface area contributed by atoms with Crippen LogP contribution < -0.4 is 4.90 Å². The molecule has 2 rings (SSSR count). The summed E-state index contributed by atoms with van der Waals surface area (Å²) in [7, 11) is 0. The Kier molecular flexibility index (Phi) is 4.01. The zero-order valence-corrected chi connectivity index (χ0v) is 11.6. The number of aryl methyl sites for hydroxylation is 1. The average Bonchev–Trinajstić information content (AvgIpc) is 2.30. The Hall–Kier alpha value is -0.650. The lowest BCUT2D eigenvalue weighted by molar-refractivity contribution is -0.0106. The third-order valence-electron chi connectivity index (χ3n) is 3.00. The van der Waals surface area contributed by atoms with Gasteiger partial charge in [0, 0.05) is 17.2 Å². The second kappa shape index (κ2) is 5.33. The second-order valence-electron chi connectivity index (χ2n) is 4.43. The molecule has 5 heteroatoms. The lowest BCUT2D eigenvalue weighted by Gasteiger charge is -2.38. The summed E-state index contributed by atoms with van der Waals surface area (Å²) in [6, 6.07) is 2.34. The number of morpholine rings is 1. The predicted molar refractivity (Wildman–Crippen MR) is 70.3 cm³/mol. The Morgan fingerprint density at radius 1 is 1.65 bits per heavy atom. The van der Waals surface area contributed by atoms with E-state index in [-0.39, 0.29) is 18.8 Å². The first-order chi connectivity index (χ1) is 8.11. The van der Waals surface area contributed by atoms with E-state index >= 15 is 0 Å². The van der Waals surface area contributed by atoms with Crippen molar-refractivity contribution in [1.82, 2.24) is 4.98 Å². The van der Waals surface area contributed by atoms with Crippen molar-refractivity contribution >= 4 is 21.7 Å². The van der Waals surface area contributed by atoms with Crippen molar-refractivity contribution in [1.29, 1.82) is 0 Å². The van der Waals surface area contributed by atoms with E-state index in [1.54, 1.807) is 6.20 Å². The zero-order chi connectivity index (χ0) is 12.4. The van der Waals surface area contributed by atoms with Crippen LogP contribution in [0.1, 0.15) is 12.5 Å². The maximum atomic E-state index is 9.18. The van der Waals surface area contributed by atoms with Crippen LogP contribution >= 0.6 is 15.9 Å². The minimum Gasteiger partial charge on any atom is -0.394 e. The van der Waals surface area contributed by atoms with E-state index in [0.717, 1.165) is 15.9 Å². The lowest BCUT2D eigenvalue weighted by atomic mass is 10.1. The highest BCUT2D eigenvalue weighted by atomic mass is 79.9. The van der Waals surface area contributed by atoms with Gasteiger partial charge >= 0.3 is 0 Å². The summed E-state index contributed by atoms with van der Waals surface area (Å²) < 4.78 is 6.51. The molecule has 17 heavy (non-hydrogen) atoms. The maximum absolute atomic E-state index is 9.18. The SMILES string of the molecule is Cc1cc(Br)cnc1N1CC(CO)OCC1C. The first-order valence-corrected chi connectivity index (χ1v) is 6.52. The number of hydrogen-bond acceptors (Lipinski definition) is 4. The highest BCUT2D eigenvalue weighted by molar-refractivity contribution is 9.10. The van der Waals surface area contributed by atoms with E-state index in [9.17, 15) is 5.11 Å². The molecular weight excluding hydrogens is 284 g/mol. The minimum absolute atomic E-state index is 0.0544. The van der Waals surface area contributed by atoms with Crippen LogP contribution in [0, 0.1) is 6.92 Å². The molecular formula is C12H17BrN2O2. The number of nitrogens with zero attached hydrogens (tertiary/aromatic N) is 2. The molecule has 1 aromatic rings. The van der Waals surface area contributed by atoms with Gasteiger partial charge in [-0.05, 0) is 41.4 Å². The van der Waals surface area contributed by atoms with Crippen molar-refractivity contribution in [3.63, 3.8) is 0 Å². The summed E-state index contributed by atoms with van der Waals surface area (Å²) in [5, 5.41) is 9.18. The van der Waals surface area contributed by atoms with E-state index in [1.165, 1.54) is 0 Å². The van der Waals surface area contributed by atoms with Crippen molar-refractivity contribution in [3.05, 3.63) is 22.3 Å². The number of aliphatic hydroxyl groups excluding tert-OH is 1. The molecule has 4 nitrogen and oxygen atoms in total. The van der Waals surface area contributed by atoms with Gasteiger partial charge in [0.2, 0.25) is 0 Å². The summed E-state index contributed by atoms with van der Waals surface area (Å²) in [5.41, 5.74) is 1.13. The molecule has 0 amide bonds. The quantitative estimate of drug-likeness (QED) is 0.904. The van der Waals surface area contributed by atoms with Crippen molar-refractivity contribution < 1.29 is 9.84 Å². The highest BCUT2D eigenvalue weighted by Crippen LogP contribution is 2.25. The van der Waals surface area contributed by atoms with Crippen molar-refractivity contribution in [3.8, 4) is 0 Å². The summed E-state index contributed by atoms with van der Waals surface area (Å²) in [5.74, 6) is 0.974. The fraction of sp³-hybridized carbons (Fsp3) is 0.583. The zero-order valence-electron chi connectivity index (χ0n) is 10.1. The summed E-state index contributed by atoms with van der Waals surface area (Å²) in [6.45, 7) is 5.52. The lowest BCUT2D eigenvalue weighted by Crippen LogP contribution is -2.50. The topological polar surface area (TPSA) is 45.6 Å².